The molecule has 1 aromatic heterocycles. The SMILES string of the molecule is CC(N)CNC(=O)c1ccc(Cl)s1. The highest BCUT2D eigenvalue weighted by atomic mass is 35.5. The first-order valence-electron chi connectivity index (χ1n) is 3.88. The third-order valence-corrected chi connectivity index (χ3v) is 2.61. The molecule has 0 bridgehead atoms. The lowest BCUT2D eigenvalue weighted by molar-refractivity contribution is 0.0956. The molecule has 13 heavy (non-hydrogen) atoms. The van der Waals surface area contributed by atoms with Gasteiger partial charge in [0.2, 0.25) is 0 Å². The second kappa shape index (κ2) is 4.60. The summed E-state index contributed by atoms with van der Waals surface area (Å²) in [7, 11) is 0. The fourth-order valence-corrected chi connectivity index (χ4v) is 1.74. The van der Waals surface area contributed by atoms with Crippen molar-refractivity contribution in [3.63, 3.8) is 0 Å². The van der Waals surface area contributed by atoms with Gasteiger partial charge in [0.25, 0.3) is 5.91 Å². The van der Waals surface area contributed by atoms with E-state index < -0.39 is 0 Å². The molecule has 72 valence electrons. The molecule has 1 amide bonds. The van der Waals surface area contributed by atoms with Gasteiger partial charge in [0, 0.05) is 12.6 Å². The van der Waals surface area contributed by atoms with Gasteiger partial charge >= 0.3 is 0 Å². The first-order valence-corrected chi connectivity index (χ1v) is 5.08. The van der Waals surface area contributed by atoms with E-state index in [4.69, 9.17) is 17.3 Å². The lowest BCUT2D eigenvalue weighted by atomic mass is 10.3. The number of nitrogens with two attached hydrogens (primary N) is 1. The Morgan fingerprint density at radius 1 is 1.77 bits per heavy atom. The minimum absolute atomic E-state index is 0.0283. The van der Waals surface area contributed by atoms with Crippen molar-refractivity contribution in [2.45, 2.75) is 13.0 Å². The van der Waals surface area contributed by atoms with E-state index in [0.29, 0.717) is 15.8 Å². The third-order valence-electron chi connectivity index (χ3n) is 1.38. The summed E-state index contributed by atoms with van der Waals surface area (Å²) in [5.41, 5.74) is 5.49. The van der Waals surface area contributed by atoms with E-state index in [0.717, 1.165) is 0 Å². The molecule has 0 aliphatic carbocycles. The van der Waals surface area contributed by atoms with Crippen LogP contribution in [0.25, 0.3) is 0 Å². The molecule has 1 atom stereocenters. The van der Waals surface area contributed by atoms with Crippen LogP contribution in [0.4, 0.5) is 0 Å². The number of amides is 1. The van der Waals surface area contributed by atoms with E-state index in [2.05, 4.69) is 5.32 Å². The number of carbonyl (C=O) groups excluding carboxylic acids is 1. The Bertz CT molecular complexity index is 298. The number of hydrogen-bond donors (Lipinski definition) is 2. The lowest BCUT2D eigenvalue weighted by Crippen LogP contribution is -2.34. The lowest BCUT2D eigenvalue weighted by Gasteiger charge is -2.05. The predicted molar refractivity (Wildman–Crippen MR) is 55.3 cm³/mol. The quantitative estimate of drug-likeness (QED) is 0.808. The summed E-state index contributed by atoms with van der Waals surface area (Å²) in [6.07, 6.45) is 0. The number of rotatable bonds is 3. The molecule has 3 nitrogen and oxygen atoms in total. The van der Waals surface area contributed by atoms with Crippen LogP contribution in [-0.4, -0.2) is 18.5 Å². The number of hydrogen-bond acceptors (Lipinski definition) is 3. The smallest absolute Gasteiger partial charge is 0.261 e. The molecule has 0 spiro atoms. The molecule has 0 saturated carbocycles. The fourth-order valence-electron chi connectivity index (χ4n) is 0.777. The molecule has 0 radical (unpaired) electrons. The molecule has 3 N–H and O–H groups in total. The second-order valence-corrected chi connectivity index (χ2v) is 4.51. The number of carbonyl (C=O) groups is 1. The average Bonchev–Trinajstić information content (AvgIpc) is 2.47. The van der Waals surface area contributed by atoms with Gasteiger partial charge in [-0.1, -0.05) is 11.6 Å². The molecule has 0 aliphatic heterocycles. The maximum absolute atomic E-state index is 11.3. The topological polar surface area (TPSA) is 55.1 Å². The monoisotopic (exact) mass is 218 g/mol. The van der Waals surface area contributed by atoms with Crippen LogP contribution in [0.1, 0.15) is 16.6 Å². The summed E-state index contributed by atoms with van der Waals surface area (Å²) in [5, 5.41) is 2.70. The van der Waals surface area contributed by atoms with Crippen LogP contribution in [0.5, 0.6) is 0 Å². The Morgan fingerprint density at radius 3 is 2.92 bits per heavy atom. The molecular formula is C8H11ClN2OS. The van der Waals surface area contributed by atoms with Crippen LogP contribution in [0.2, 0.25) is 4.34 Å². The van der Waals surface area contributed by atoms with Gasteiger partial charge in [-0.2, -0.15) is 0 Å². The van der Waals surface area contributed by atoms with E-state index in [9.17, 15) is 4.79 Å². The minimum atomic E-state index is -0.116. The van der Waals surface area contributed by atoms with Gasteiger partial charge in [-0.25, -0.2) is 0 Å². The van der Waals surface area contributed by atoms with Crippen molar-refractivity contribution in [1.82, 2.24) is 5.32 Å². The van der Waals surface area contributed by atoms with E-state index in [-0.39, 0.29) is 11.9 Å². The Hall–Kier alpha value is -0.580. The predicted octanol–water partition coefficient (Wildman–Crippen LogP) is 1.48. The fraction of sp³-hybridized carbons (Fsp3) is 0.375. The Morgan fingerprint density at radius 2 is 2.46 bits per heavy atom. The highest BCUT2D eigenvalue weighted by Gasteiger charge is 2.07. The Balaban J connectivity index is 2.49. The van der Waals surface area contributed by atoms with Crippen LogP contribution in [0.15, 0.2) is 12.1 Å². The molecule has 1 heterocycles. The largest absolute Gasteiger partial charge is 0.350 e. The van der Waals surface area contributed by atoms with Crippen molar-refractivity contribution >= 4 is 28.8 Å². The normalized spacial score (nSPS) is 12.5. The molecule has 1 rings (SSSR count). The van der Waals surface area contributed by atoms with Crippen molar-refractivity contribution in [3.05, 3.63) is 21.3 Å². The van der Waals surface area contributed by atoms with Crippen LogP contribution in [0.3, 0.4) is 0 Å². The standard InChI is InChI=1S/C8H11ClN2OS/c1-5(10)4-11-8(12)6-2-3-7(9)13-6/h2-3,5H,4,10H2,1H3,(H,11,12). The Labute approximate surface area is 85.9 Å². The van der Waals surface area contributed by atoms with Crippen LogP contribution in [-0.2, 0) is 0 Å². The highest BCUT2D eigenvalue weighted by Crippen LogP contribution is 2.20. The maximum atomic E-state index is 11.3. The summed E-state index contributed by atoms with van der Waals surface area (Å²) < 4.78 is 0.617. The molecule has 0 saturated heterocycles. The van der Waals surface area contributed by atoms with Gasteiger partial charge in [-0.3, -0.25) is 4.79 Å². The number of halogens is 1. The van der Waals surface area contributed by atoms with Crippen LogP contribution in [0, 0.1) is 0 Å². The summed E-state index contributed by atoms with van der Waals surface area (Å²) in [6, 6.07) is 3.37. The average molecular weight is 219 g/mol. The zero-order chi connectivity index (χ0) is 9.84. The van der Waals surface area contributed by atoms with E-state index in [1.807, 2.05) is 6.92 Å². The van der Waals surface area contributed by atoms with Crippen LogP contribution >= 0.6 is 22.9 Å². The highest BCUT2D eigenvalue weighted by molar-refractivity contribution is 7.17. The molecule has 0 aliphatic rings. The van der Waals surface area contributed by atoms with Crippen molar-refractivity contribution in [3.8, 4) is 0 Å². The van der Waals surface area contributed by atoms with Crippen molar-refractivity contribution in [2.75, 3.05) is 6.54 Å². The van der Waals surface area contributed by atoms with Gasteiger partial charge in [0.1, 0.15) is 0 Å². The molecule has 1 unspecified atom stereocenters. The van der Waals surface area contributed by atoms with Gasteiger partial charge < -0.3 is 11.1 Å². The van der Waals surface area contributed by atoms with Crippen molar-refractivity contribution in [1.29, 1.82) is 0 Å². The molecule has 0 fully saturated rings. The molecule has 5 heteroatoms. The second-order valence-electron chi connectivity index (χ2n) is 2.79. The molecular weight excluding hydrogens is 208 g/mol. The summed E-state index contributed by atoms with van der Waals surface area (Å²) in [5.74, 6) is -0.116. The number of thiophene rings is 1. The number of nitrogens with one attached hydrogen (secondary N) is 1. The summed E-state index contributed by atoms with van der Waals surface area (Å²) in [6.45, 7) is 2.32. The summed E-state index contributed by atoms with van der Waals surface area (Å²) >= 11 is 6.94. The van der Waals surface area contributed by atoms with E-state index >= 15 is 0 Å². The first kappa shape index (κ1) is 10.5. The van der Waals surface area contributed by atoms with Gasteiger partial charge in [-0.05, 0) is 19.1 Å². The maximum Gasteiger partial charge on any atom is 0.261 e. The van der Waals surface area contributed by atoms with Crippen molar-refractivity contribution < 1.29 is 4.79 Å². The third kappa shape index (κ3) is 3.34. The van der Waals surface area contributed by atoms with Gasteiger partial charge in [0.05, 0.1) is 9.21 Å². The summed E-state index contributed by atoms with van der Waals surface area (Å²) in [4.78, 5) is 12.0. The first-order chi connectivity index (χ1) is 6.09. The van der Waals surface area contributed by atoms with Crippen LogP contribution < -0.4 is 11.1 Å². The Kier molecular flexibility index (Phi) is 3.71. The van der Waals surface area contributed by atoms with Crippen molar-refractivity contribution in [2.24, 2.45) is 5.73 Å². The zero-order valence-electron chi connectivity index (χ0n) is 7.21. The van der Waals surface area contributed by atoms with Gasteiger partial charge in [-0.15, -0.1) is 11.3 Å². The van der Waals surface area contributed by atoms with Gasteiger partial charge in [0.15, 0.2) is 0 Å². The molecule has 0 aromatic carbocycles. The molecule has 1 aromatic rings. The van der Waals surface area contributed by atoms with E-state index in [1.54, 1.807) is 12.1 Å². The zero-order valence-corrected chi connectivity index (χ0v) is 8.78. The minimum Gasteiger partial charge on any atom is -0.350 e. The van der Waals surface area contributed by atoms with E-state index in [1.165, 1.54) is 11.3 Å².